The second kappa shape index (κ2) is 8.95. The third-order valence-corrected chi connectivity index (χ3v) is 4.96. The highest BCUT2D eigenvalue weighted by Gasteiger charge is 2.34. The molecular formula is C18H24ClF3N2O2. The molecule has 1 amide bonds. The molecule has 26 heavy (non-hydrogen) atoms. The highest BCUT2D eigenvalue weighted by atomic mass is 35.5. The van der Waals surface area contributed by atoms with E-state index >= 15 is 0 Å². The van der Waals surface area contributed by atoms with Crippen molar-refractivity contribution in [2.45, 2.75) is 57.0 Å². The molecule has 2 N–H and O–H groups in total. The Bertz CT molecular complexity index is 600. The van der Waals surface area contributed by atoms with Crippen LogP contribution in [0.4, 0.5) is 13.2 Å². The number of piperidine rings is 1. The fourth-order valence-corrected chi connectivity index (χ4v) is 3.95. The summed E-state index contributed by atoms with van der Waals surface area (Å²) in [7, 11) is 0. The molecule has 2 saturated heterocycles. The van der Waals surface area contributed by atoms with E-state index in [2.05, 4.69) is 15.4 Å². The molecule has 2 fully saturated rings. The van der Waals surface area contributed by atoms with Gasteiger partial charge in [0.25, 0.3) is 0 Å². The summed E-state index contributed by atoms with van der Waals surface area (Å²) >= 11 is 0. The molecule has 1 aromatic carbocycles. The lowest BCUT2D eigenvalue weighted by atomic mass is 9.89. The first-order chi connectivity index (χ1) is 11.9. The van der Waals surface area contributed by atoms with E-state index in [1.165, 1.54) is 25.0 Å². The minimum absolute atomic E-state index is 0. The smallest absolute Gasteiger partial charge is 0.406 e. The van der Waals surface area contributed by atoms with Gasteiger partial charge in [-0.25, -0.2) is 0 Å². The molecule has 0 aromatic heterocycles. The maximum Gasteiger partial charge on any atom is 0.573 e. The molecule has 8 heteroatoms. The number of para-hydroxylation sites is 1. The fourth-order valence-electron chi connectivity index (χ4n) is 3.95. The van der Waals surface area contributed by atoms with Crippen LogP contribution in [0.1, 0.15) is 37.7 Å². The molecule has 2 atom stereocenters. The van der Waals surface area contributed by atoms with Gasteiger partial charge in [0.2, 0.25) is 5.91 Å². The quantitative estimate of drug-likeness (QED) is 0.778. The number of benzene rings is 1. The normalized spacial score (nSPS) is 24.7. The van der Waals surface area contributed by atoms with Gasteiger partial charge in [-0.1, -0.05) is 18.2 Å². The third-order valence-electron chi connectivity index (χ3n) is 4.96. The van der Waals surface area contributed by atoms with Gasteiger partial charge in [0, 0.05) is 25.0 Å². The summed E-state index contributed by atoms with van der Waals surface area (Å²) in [5.74, 6) is 0.166. The molecule has 146 valence electrons. The zero-order valence-electron chi connectivity index (χ0n) is 14.3. The minimum Gasteiger partial charge on any atom is -0.406 e. The average molecular weight is 393 g/mol. The second-order valence-electron chi connectivity index (χ2n) is 6.93. The molecule has 2 aliphatic rings. The molecule has 3 rings (SSSR count). The predicted octanol–water partition coefficient (Wildman–Crippen LogP) is 3.59. The van der Waals surface area contributed by atoms with Crippen LogP contribution in [0.3, 0.4) is 0 Å². The zero-order valence-corrected chi connectivity index (χ0v) is 15.2. The van der Waals surface area contributed by atoms with E-state index in [-0.39, 0.29) is 24.1 Å². The molecule has 1 aromatic rings. The summed E-state index contributed by atoms with van der Waals surface area (Å²) < 4.78 is 41.2. The molecule has 2 unspecified atom stereocenters. The number of alkyl halides is 3. The van der Waals surface area contributed by atoms with E-state index in [1.54, 1.807) is 12.1 Å². The monoisotopic (exact) mass is 392 g/mol. The molecule has 2 bridgehead atoms. The highest BCUT2D eigenvalue weighted by Crippen LogP contribution is 2.32. The third kappa shape index (κ3) is 6.06. The van der Waals surface area contributed by atoms with Crippen LogP contribution < -0.4 is 15.4 Å². The number of ether oxygens (including phenoxy) is 1. The van der Waals surface area contributed by atoms with E-state index in [4.69, 9.17) is 0 Å². The largest absolute Gasteiger partial charge is 0.573 e. The van der Waals surface area contributed by atoms with Gasteiger partial charge >= 0.3 is 6.36 Å². The maximum absolute atomic E-state index is 12.4. The van der Waals surface area contributed by atoms with Crippen LogP contribution >= 0.6 is 12.4 Å². The first-order valence-corrected chi connectivity index (χ1v) is 8.75. The number of carbonyl (C=O) groups excluding carboxylic acids is 1. The first-order valence-electron chi connectivity index (χ1n) is 8.75. The van der Waals surface area contributed by atoms with Crippen LogP contribution in [0.2, 0.25) is 0 Å². The van der Waals surface area contributed by atoms with Crippen molar-refractivity contribution in [2.75, 3.05) is 6.54 Å². The van der Waals surface area contributed by atoms with E-state index in [0.29, 0.717) is 43.0 Å². The molecule has 4 nitrogen and oxygen atoms in total. The standard InChI is InChI=1S/C18H23F3N2O2.ClH/c19-18(20,21)25-16-4-2-1-3-13(16)7-8-22-17(24)11-12-9-14-5-6-15(10-12)23-14;/h1-4,12,14-15,23H,5-11H2,(H,22,24);1H. The van der Waals surface area contributed by atoms with Gasteiger partial charge in [0.15, 0.2) is 0 Å². The van der Waals surface area contributed by atoms with Gasteiger partial charge in [-0.05, 0) is 49.7 Å². The molecule has 2 aliphatic heterocycles. The molecule has 0 spiro atoms. The van der Waals surface area contributed by atoms with E-state index in [1.807, 2.05) is 0 Å². The molecular weight excluding hydrogens is 369 g/mol. The van der Waals surface area contributed by atoms with Crippen LogP contribution in [0.15, 0.2) is 24.3 Å². The van der Waals surface area contributed by atoms with Crippen molar-refractivity contribution in [1.82, 2.24) is 10.6 Å². The molecule has 2 heterocycles. The molecule has 0 radical (unpaired) electrons. The van der Waals surface area contributed by atoms with Crippen molar-refractivity contribution >= 4 is 18.3 Å². The Morgan fingerprint density at radius 3 is 2.50 bits per heavy atom. The van der Waals surface area contributed by atoms with Crippen molar-refractivity contribution in [3.8, 4) is 5.75 Å². The van der Waals surface area contributed by atoms with E-state index < -0.39 is 6.36 Å². The SMILES string of the molecule is Cl.O=C(CC1CC2CCC(C1)N2)NCCc1ccccc1OC(F)(F)F. The summed E-state index contributed by atoms with van der Waals surface area (Å²) in [6.07, 6.45) is 0.536. The van der Waals surface area contributed by atoms with Crippen LogP contribution in [0.5, 0.6) is 5.75 Å². The number of fused-ring (bicyclic) bond motifs is 2. The maximum atomic E-state index is 12.4. The molecule has 0 aliphatic carbocycles. The number of hydrogen-bond acceptors (Lipinski definition) is 3. The van der Waals surface area contributed by atoms with Crippen molar-refractivity contribution in [3.63, 3.8) is 0 Å². The number of hydrogen-bond donors (Lipinski definition) is 2. The van der Waals surface area contributed by atoms with Gasteiger partial charge in [-0.3, -0.25) is 4.79 Å². The number of nitrogens with one attached hydrogen (secondary N) is 2. The first kappa shape index (κ1) is 20.8. The van der Waals surface area contributed by atoms with Gasteiger partial charge in [-0.2, -0.15) is 0 Å². The van der Waals surface area contributed by atoms with Gasteiger partial charge in [0.1, 0.15) is 5.75 Å². The van der Waals surface area contributed by atoms with Crippen LogP contribution in [0.25, 0.3) is 0 Å². The van der Waals surface area contributed by atoms with E-state index in [9.17, 15) is 18.0 Å². The van der Waals surface area contributed by atoms with Crippen LogP contribution in [-0.2, 0) is 11.2 Å². The number of halogens is 4. The topological polar surface area (TPSA) is 50.4 Å². The van der Waals surface area contributed by atoms with E-state index in [0.717, 1.165) is 12.8 Å². The van der Waals surface area contributed by atoms with Crippen molar-refractivity contribution < 1.29 is 22.7 Å². The van der Waals surface area contributed by atoms with Crippen LogP contribution in [0, 0.1) is 5.92 Å². The summed E-state index contributed by atoms with van der Waals surface area (Å²) in [5, 5.41) is 6.37. The summed E-state index contributed by atoms with van der Waals surface area (Å²) in [6, 6.07) is 7.11. The summed E-state index contributed by atoms with van der Waals surface area (Å²) in [5.41, 5.74) is 0.431. The summed E-state index contributed by atoms with van der Waals surface area (Å²) in [6.45, 7) is 0.300. The summed E-state index contributed by atoms with van der Waals surface area (Å²) in [4.78, 5) is 12.1. The lowest BCUT2D eigenvalue weighted by molar-refractivity contribution is -0.274. The predicted molar refractivity (Wildman–Crippen MR) is 94.4 cm³/mol. The van der Waals surface area contributed by atoms with Gasteiger partial charge < -0.3 is 15.4 Å². The number of amides is 1. The molecule has 0 saturated carbocycles. The Hall–Kier alpha value is -1.47. The lowest BCUT2D eigenvalue weighted by Crippen LogP contribution is -2.39. The second-order valence-corrected chi connectivity index (χ2v) is 6.93. The number of carbonyl (C=O) groups is 1. The Balaban J connectivity index is 0.00000243. The Kier molecular flexibility index (Phi) is 7.17. The Morgan fingerprint density at radius 1 is 1.19 bits per heavy atom. The van der Waals surface area contributed by atoms with Crippen molar-refractivity contribution in [2.24, 2.45) is 5.92 Å². The Labute approximate surface area is 157 Å². The highest BCUT2D eigenvalue weighted by molar-refractivity contribution is 5.85. The van der Waals surface area contributed by atoms with Crippen LogP contribution in [-0.4, -0.2) is 30.9 Å². The fraction of sp³-hybridized carbons (Fsp3) is 0.611. The Morgan fingerprint density at radius 2 is 1.85 bits per heavy atom. The minimum atomic E-state index is -4.71. The zero-order chi connectivity index (χ0) is 17.9. The number of rotatable bonds is 6. The van der Waals surface area contributed by atoms with Crippen molar-refractivity contribution in [1.29, 1.82) is 0 Å². The van der Waals surface area contributed by atoms with Gasteiger partial charge in [-0.15, -0.1) is 25.6 Å². The van der Waals surface area contributed by atoms with Gasteiger partial charge in [0.05, 0.1) is 0 Å². The average Bonchev–Trinajstić information content (AvgIpc) is 2.86. The lowest BCUT2D eigenvalue weighted by Gasteiger charge is -2.28. The van der Waals surface area contributed by atoms with Crippen molar-refractivity contribution in [3.05, 3.63) is 29.8 Å².